The fourth-order valence-electron chi connectivity index (χ4n) is 1.13. The van der Waals surface area contributed by atoms with Crippen LogP contribution >= 0.6 is 15.9 Å². The molecule has 0 unspecified atom stereocenters. The first-order valence-electron chi connectivity index (χ1n) is 4.15. The zero-order chi connectivity index (χ0) is 10.1. The van der Waals surface area contributed by atoms with Gasteiger partial charge in [0.15, 0.2) is 0 Å². The fraction of sp³-hybridized carbons (Fsp3) is 0.500. The minimum absolute atomic E-state index is 0.0577. The number of methoxy groups -OCH3 is 1. The standard InChI is InChI=1S/C10H14BrNO/c1-10(2,3)8-5-7(11)6-12-9(8)13-4/h5-6H,1-4H3. The van der Waals surface area contributed by atoms with Crippen molar-refractivity contribution in [2.75, 3.05) is 7.11 Å². The van der Waals surface area contributed by atoms with Gasteiger partial charge in [-0.15, -0.1) is 0 Å². The van der Waals surface area contributed by atoms with Crippen molar-refractivity contribution >= 4 is 15.9 Å². The number of ether oxygens (including phenoxy) is 1. The number of nitrogens with zero attached hydrogens (tertiary/aromatic N) is 1. The summed E-state index contributed by atoms with van der Waals surface area (Å²) in [5.41, 5.74) is 1.17. The first-order valence-corrected chi connectivity index (χ1v) is 4.94. The molecule has 0 aliphatic heterocycles. The van der Waals surface area contributed by atoms with E-state index in [1.807, 2.05) is 6.07 Å². The van der Waals surface area contributed by atoms with E-state index >= 15 is 0 Å². The van der Waals surface area contributed by atoms with Crippen molar-refractivity contribution in [3.05, 3.63) is 22.3 Å². The number of hydrogen-bond donors (Lipinski definition) is 0. The summed E-state index contributed by atoms with van der Waals surface area (Å²) < 4.78 is 6.18. The first kappa shape index (κ1) is 10.5. The summed E-state index contributed by atoms with van der Waals surface area (Å²) >= 11 is 3.40. The number of pyridine rings is 1. The Bertz CT molecular complexity index is 304. The van der Waals surface area contributed by atoms with Gasteiger partial charge < -0.3 is 4.74 Å². The second-order valence-electron chi connectivity index (χ2n) is 3.96. The van der Waals surface area contributed by atoms with Crippen molar-refractivity contribution < 1.29 is 4.74 Å². The van der Waals surface area contributed by atoms with Gasteiger partial charge in [0.1, 0.15) is 0 Å². The second-order valence-corrected chi connectivity index (χ2v) is 4.88. The summed E-state index contributed by atoms with van der Waals surface area (Å²) in [6.07, 6.45) is 1.74. The maximum Gasteiger partial charge on any atom is 0.216 e. The molecule has 0 radical (unpaired) electrons. The van der Waals surface area contributed by atoms with Gasteiger partial charge in [0, 0.05) is 16.2 Å². The lowest BCUT2D eigenvalue weighted by atomic mass is 9.88. The van der Waals surface area contributed by atoms with Gasteiger partial charge in [0.2, 0.25) is 5.88 Å². The van der Waals surface area contributed by atoms with Crippen molar-refractivity contribution in [2.45, 2.75) is 26.2 Å². The molecule has 0 N–H and O–H groups in total. The molecule has 1 heterocycles. The third-order valence-corrected chi connectivity index (χ3v) is 2.25. The molecule has 0 saturated heterocycles. The molecule has 13 heavy (non-hydrogen) atoms. The van der Waals surface area contributed by atoms with Crippen molar-refractivity contribution in [1.29, 1.82) is 0 Å². The Labute approximate surface area is 87.5 Å². The average molecular weight is 244 g/mol. The molecule has 0 amide bonds. The predicted octanol–water partition coefficient (Wildman–Crippen LogP) is 3.15. The number of hydrogen-bond acceptors (Lipinski definition) is 2. The Morgan fingerprint density at radius 1 is 1.38 bits per heavy atom. The molecule has 1 rings (SSSR count). The van der Waals surface area contributed by atoms with Crippen molar-refractivity contribution in [3.63, 3.8) is 0 Å². The third kappa shape index (κ3) is 2.44. The molecule has 0 aromatic carbocycles. The van der Waals surface area contributed by atoms with Gasteiger partial charge in [-0.1, -0.05) is 20.8 Å². The third-order valence-electron chi connectivity index (χ3n) is 1.82. The molecule has 1 aromatic heterocycles. The van der Waals surface area contributed by atoms with Crippen LogP contribution in [-0.2, 0) is 5.41 Å². The highest BCUT2D eigenvalue weighted by Crippen LogP contribution is 2.31. The Morgan fingerprint density at radius 2 is 2.00 bits per heavy atom. The summed E-state index contributed by atoms with van der Waals surface area (Å²) in [5.74, 6) is 0.704. The van der Waals surface area contributed by atoms with Crippen LogP contribution < -0.4 is 4.74 Å². The highest BCUT2D eigenvalue weighted by atomic mass is 79.9. The summed E-state index contributed by atoms with van der Waals surface area (Å²) in [6.45, 7) is 6.41. The average Bonchev–Trinajstić information content (AvgIpc) is 2.03. The number of aromatic nitrogens is 1. The smallest absolute Gasteiger partial charge is 0.216 e. The first-order chi connectivity index (χ1) is 5.95. The molecule has 0 aliphatic rings. The predicted molar refractivity (Wildman–Crippen MR) is 57.2 cm³/mol. The van der Waals surface area contributed by atoms with E-state index in [9.17, 15) is 0 Å². The van der Waals surface area contributed by atoms with Crippen LogP contribution in [0.4, 0.5) is 0 Å². The van der Waals surface area contributed by atoms with Gasteiger partial charge in [-0.05, 0) is 27.4 Å². The molecular weight excluding hydrogens is 230 g/mol. The maximum absolute atomic E-state index is 5.19. The summed E-state index contributed by atoms with van der Waals surface area (Å²) in [6, 6.07) is 2.05. The SMILES string of the molecule is COc1ncc(Br)cc1C(C)(C)C. The van der Waals surface area contributed by atoms with Crippen LogP contribution in [0, 0.1) is 0 Å². The van der Waals surface area contributed by atoms with Crippen LogP contribution in [0.2, 0.25) is 0 Å². The second kappa shape index (κ2) is 3.66. The molecule has 72 valence electrons. The zero-order valence-electron chi connectivity index (χ0n) is 8.39. The normalized spacial score (nSPS) is 11.5. The van der Waals surface area contributed by atoms with Gasteiger partial charge in [0.25, 0.3) is 0 Å². The lowest BCUT2D eigenvalue weighted by Crippen LogP contribution is -2.13. The van der Waals surface area contributed by atoms with E-state index in [-0.39, 0.29) is 5.41 Å². The Hall–Kier alpha value is -0.570. The minimum Gasteiger partial charge on any atom is -0.481 e. The molecule has 0 bridgehead atoms. The molecule has 2 nitrogen and oxygen atoms in total. The molecule has 0 aliphatic carbocycles. The van der Waals surface area contributed by atoms with Crippen molar-refractivity contribution in [1.82, 2.24) is 4.98 Å². The van der Waals surface area contributed by atoms with Crippen molar-refractivity contribution in [2.24, 2.45) is 0 Å². The van der Waals surface area contributed by atoms with Crippen LogP contribution in [0.1, 0.15) is 26.3 Å². The van der Waals surface area contributed by atoms with Crippen molar-refractivity contribution in [3.8, 4) is 5.88 Å². The van der Waals surface area contributed by atoms with E-state index in [1.165, 1.54) is 0 Å². The van der Waals surface area contributed by atoms with E-state index < -0.39 is 0 Å². The summed E-state index contributed by atoms with van der Waals surface area (Å²) in [4.78, 5) is 4.19. The Kier molecular flexibility index (Phi) is 2.96. The minimum atomic E-state index is 0.0577. The number of halogens is 1. The van der Waals surface area contributed by atoms with Gasteiger partial charge in [0.05, 0.1) is 7.11 Å². The maximum atomic E-state index is 5.19. The van der Waals surface area contributed by atoms with Crippen LogP contribution in [-0.4, -0.2) is 12.1 Å². The van der Waals surface area contributed by atoms with Gasteiger partial charge in [-0.2, -0.15) is 0 Å². The van der Waals surface area contributed by atoms with Gasteiger partial charge in [-0.25, -0.2) is 4.98 Å². The van der Waals surface area contributed by atoms with Crippen LogP contribution in [0.15, 0.2) is 16.7 Å². The van der Waals surface area contributed by atoms with E-state index in [0.717, 1.165) is 10.0 Å². The molecule has 1 aromatic rings. The zero-order valence-corrected chi connectivity index (χ0v) is 9.97. The Balaban J connectivity index is 3.24. The molecule has 0 atom stereocenters. The monoisotopic (exact) mass is 243 g/mol. The topological polar surface area (TPSA) is 22.1 Å². The van der Waals surface area contributed by atoms with Gasteiger partial charge in [-0.3, -0.25) is 0 Å². The molecule has 0 saturated carbocycles. The lowest BCUT2D eigenvalue weighted by Gasteiger charge is -2.21. The van der Waals surface area contributed by atoms with Gasteiger partial charge >= 0.3 is 0 Å². The largest absolute Gasteiger partial charge is 0.481 e. The Morgan fingerprint density at radius 3 is 2.46 bits per heavy atom. The lowest BCUT2D eigenvalue weighted by molar-refractivity contribution is 0.380. The highest BCUT2D eigenvalue weighted by molar-refractivity contribution is 9.10. The van der Waals surface area contributed by atoms with E-state index in [1.54, 1.807) is 13.3 Å². The van der Waals surface area contributed by atoms with Crippen LogP contribution in [0.3, 0.4) is 0 Å². The fourth-order valence-corrected chi connectivity index (χ4v) is 1.46. The van der Waals surface area contributed by atoms with E-state index in [4.69, 9.17) is 4.74 Å². The van der Waals surface area contributed by atoms with E-state index in [2.05, 4.69) is 41.7 Å². The highest BCUT2D eigenvalue weighted by Gasteiger charge is 2.19. The number of rotatable bonds is 1. The van der Waals surface area contributed by atoms with Crippen LogP contribution in [0.25, 0.3) is 0 Å². The molecule has 0 fully saturated rings. The summed E-state index contributed by atoms with van der Waals surface area (Å²) in [5, 5.41) is 0. The van der Waals surface area contributed by atoms with Crippen LogP contribution in [0.5, 0.6) is 5.88 Å². The molecule has 3 heteroatoms. The summed E-state index contributed by atoms with van der Waals surface area (Å²) in [7, 11) is 1.64. The molecule has 0 spiro atoms. The van der Waals surface area contributed by atoms with E-state index in [0.29, 0.717) is 5.88 Å². The molecular formula is C10H14BrNO. The quantitative estimate of drug-likeness (QED) is 0.757.